The molecule has 7 nitrogen and oxygen atoms in total. The van der Waals surface area contributed by atoms with Gasteiger partial charge in [0.1, 0.15) is 17.5 Å². The van der Waals surface area contributed by atoms with Gasteiger partial charge in [0.05, 0.1) is 12.6 Å². The van der Waals surface area contributed by atoms with E-state index in [2.05, 4.69) is 10.6 Å². The quantitative estimate of drug-likeness (QED) is 0.582. The fourth-order valence-corrected chi connectivity index (χ4v) is 5.53. The lowest BCUT2D eigenvalue weighted by molar-refractivity contribution is -0.132. The van der Waals surface area contributed by atoms with E-state index >= 15 is 0 Å². The standard InChI is InChI=1S/C22H31N3O4S/c1-12(2)9-14(10-26)23-20(28)18(13(3)4)24-19(27)17-11-30-22-16-8-6-5-7-15(16)21(29)25(17)22/h5-8,12-14,17-18,22,26H,9-11H2,1-4H3,(H,23,28)(H,24,27)/t14-,17-,18-,22-/m0/s1. The zero-order chi connectivity index (χ0) is 22.0. The molecule has 1 aromatic carbocycles. The molecule has 0 radical (unpaired) electrons. The van der Waals surface area contributed by atoms with E-state index in [1.54, 1.807) is 22.7 Å². The molecular weight excluding hydrogens is 402 g/mol. The summed E-state index contributed by atoms with van der Waals surface area (Å²) in [6.07, 6.45) is 0.655. The summed E-state index contributed by atoms with van der Waals surface area (Å²) < 4.78 is 0. The number of rotatable bonds is 8. The lowest BCUT2D eigenvalue weighted by Gasteiger charge is -2.28. The first-order valence-corrected chi connectivity index (χ1v) is 11.5. The molecule has 30 heavy (non-hydrogen) atoms. The maximum atomic E-state index is 13.1. The van der Waals surface area contributed by atoms with Crippen LogP contribution in [0.2, 0.25) is 0 Å². The van der Waals surface area contributed by atoms with Crippen LogP contribution in [-0.4, -0.2) is 58.2 Å². The van der Waals surface area contributed by atoms with E-state index in [9.17, 15) is 19.5 Å². The van der Waals surface area contributed by atoms with E-state index in [0.717, 1.165) is 5.56 Å². The number of nitrogens with one attached hydrogen (secondary N) is 2. The minimum Gasteiger partial charge on any atom is -0.394 e. The third-order valence-corrected chi connectivity index (χ3v) is 6.87. The summed E-state index contributed by atoms with van der Waals surface area (Å²) in [6.45, 7) is 7.63. The SMILES string of the molecule is CC(C)C[C@@H](CO)NC(=O)[C@@H](NC(=O)[C@@H]1CS[C@H]2c3ccccc3C(=O)N12)C(C)C. The molecule has 0 aliphatic carbocycles. The van der Waals surface area contributed by atoms with Crippen molar-refractivity contribution in [3.8, 4) is 0 Å². The monoisotopic (exact) mass is 433 g/mol. The molecule has 0 spiro atoms. The lowest BCUT2D eigenvalue weighted by atomic mass is 10.0. The molecule has 2 aliphatic heterocycles. The van der Waals surface area contributed by atoms with E-state index in [0.29, 0.717) is 23.7 Å². The van der Waals surface area contributed by atoms with Crippen LogP contribution in [0.5, 0.6) is 0 Å². The van der Waals surface area contributed by atoms with E-state index in [4.69, 9.17) is 0 Å². The Bertz CT molecular complexity index is 813. The Balaban J connectivity index is 1.69. The van der Waals surface area contributed by atoms with Crippen molar-refractivity contribution >= 4 is 29.5 Å². The highest BCUT2D eigenvalue weighted by Gasteiger charge is 2.48. The predicted octanol–water partition coefficient (Wildman–Crippen LogP) is 1.92. The van der Waals surface area contributed by atoms with Crippen molar-refractivity contribution in [2.45, 2.75) is 57.6 Å². The molecule has 4 atom stereocenters. The summed E-state index contributed by atoms with van der Waals surface area (Å²) in [5.74, 6) is -0.0759. The first-order valence-electron chi connectivity index (χ1n) is 10.5. The van der Waals surface area contributed by atoms with Crippen LogP contribution in [0.25, 0.3) is 0 Å². The number of hydrogen-bond donors (Lipinski definition) is 3. The first kappa shape index (κ1) is 22.6. The summed E-state index contributed by atoms with van der Waals surface area (Å²) in [6, 6.07) is 5.75. The number of benzene rings is 1. The molecule has 2 heterocycles. The molecule has 3 amide bonds. The molecule has 1 fully saturated rings. The molecule has 164 valence electrons. The second-order valence-corrected chi connectivity index (χ2v) is 9.86. The van der Waals surface area contributed by atoms with Gasteiger partial charge in [-0.1, -0.05) is 45.9 Å². The van der Waals surface area contributed by atoms with Gasteiger partial charge in [0.2, 0.25) is 11.8 Å². The molecular formula is C22H31N3O4S. The molecule has 3 N–H and O–H groups in total. The van der Waals surface area contributed by atoms with Crippen molar-refractivity contribution < 1.29 is 19.5 Å². The number of aliphatic hydroxyl groups is 1. The summed E-state index contributed by atoms with van der Waals surface area (Å²) in [4.78, 5) is 40.4. The normalized spacial score (nSPS) is 22.1. The molecule has 0 unspecified atom stereocenters. The van der Waals surface area contributed by atoms with Gasteiger partial charge in [-0.15, -0.1) is 11.8 Å². The lowest BCUT2D eigenvalue weighted by Crippen LogP contribution is -2.56. The molecule has 8 heteroatoms. The highest BCUT2D eigenvalue weighted by atomic mass is 32.2. The zero-order valence-electron chi connectivity index (χ0n) is 17.9. The number of amides is 3. The third-order valence-electron chi connectivity index (χ3n) is 5.56. The fraction of sp³-hybridized carbons (Fsp3) is 0.591. The Labute approximate surface area is 182 Å². The molecule has 0 bridgehead atoms. The van der Waals surface area contributed by atoms with Gasteiger partial charge in [0, 0.05) is 11.3 Å². The maximum absolute atomic E-state index is 13.1. The molecule has 0 aromatic heterocycles. The highest BCUT2D eigenvalue weighted by Crippen LogP contribution is 2.48. The molecule has 1 aromatic rings. The van der Waals surface area contributed by atoms with Gasteiger partial charge >= 0.3 is 0 Å². The van der Waals surface area contributed by atoms with E-state index in [-0.39, 0.29) is 41.7 Å². The summed E-state index contributed by atoms with van der Waals surface area (Å²) in [7, 11) is 0. The van der Waals surface area contributed by atoms with Gasteiger partial charge in [0.25, 0.3) is 5.91 Å². The molecule has 3 rings (SSSR count). The van der Waals surface area contributed by atoms with Crippen LogP contribution in [0.4, 0.5) is 0 Å². The number of hydrogen-bond acceptors (Lipinski definition) is 5. The van der Waals surface area contributed by atoms with Crippen molar-refractivity contribution in [2.24, 2.45) is 11.8 Å². The number of carbonyl (C=O) groups excluding carboxylic acids is 3. The first-order chi connectivity index (χ1) is 14.2. The molecule has 1 saturated heterocycles. The average Bonchev–Trinajstić information content (AvgIpc) is 3.25. The van der Waals surface area contributed by atoms with Gasteiger partial charge < -0.3 is 20.6 Å². The number of fused-ring (bicyclic) bond motifs is 3. The average molecular weight is 434 g/mol. The van der Waals surface area contributed by atoms with Crippen LogP contribution in [0, 0.1) is 11.8 Å². The Kier molecular flexibility index (Phi) is 7.08. The van der Waals surface area contributed by atoms with Crippen LogP contribution in [0.3, 0.4) is 0 Å². The van der Waals surface area contributed by atoms with Crippen molar-refractivity contribution in [1.29, 1.82) is 0 Å². The van der Waals surface area contributed by atoms with Crippen LogP contribution in [0.1, 0.15) is 55.4 Å². The van der Waals surface area contributed by atoms with Crippen molar-refractivity contribution in [1.82, 2.24) is 15.5 Å². The van der Waals surface area contributed by atoms with E-state index < -0.39 is 12.1 Å². The second kappa shape index (κ2) is 9.39. The zero-order valence-corrected chi connectivity index (χ0v) is 18.7. The minimum atomic E-state index is -0.733. The number of thioether (sulfide) groups is 1. The Morgan fingerprint density at radius 1 is 1.20 bits per heavy atom. The van der Waals surface area contributed by atoms with Crippen molar-refractivity contribution in [3.05, 3.63) is 35.4 Å². The third kappa shape index (κ3) is 4.49. The van der Waals surface area contributed by atoms with Gasteiger partial charge in [-0.25, -0.2) is 0 Å². The second-order valence-electron chi connectivity index (χ2n) is 8.75. The van der Waals surface area contributed by atoms with E-state index in [1.165, 1.54) is 0 Å². The molecule has 0 saturated carbocycles. The number of carbonyl (C=O) groups is 3. The van der Waals surface area contributed by atoms with Crippen LogP contribution in [0.15, 0.2) is 24.3 Å². The topological polar surface area (TPSA) is 98.7 Å². The van der Waals surface area contributed by atoms with Gasteiger partial charge in [-0.2, -0.15) is 0 Å². The Morgan fingerprint density at radius 3 is 2.53 bits per heavy atom. The fourth-order valence-electron chi connectivity index (χ4n) is 4.07. The number of nitrogens with zero attached hydrogens (tertiary/aromatic N) is 1. The Hall–Kier alpha value is -2.06. The largest absolute Gasteiger partial charge is 0.394 e. The van der Waals surface area contributed by atoms with Crippen LogP contribution >= 0.6 is 11.8 Å². The van der Waals surface area contributed by atoms with Gasteiger partial charge in [-0.3, -0.25) is 14.4 Å². The number of aliphatic hydroxyl groups excluding tert-OH is 1. The van der Waals surface area contributed by atoms with Gasteiger partial charge in [0.15, 0.2) is 0 Å². The van der Waals surface area contributed by atoms with Crippen molar-refractivity contribution in [2.75, 3.05) is 12.4 Å². The summed E-state index contributed by atoms with van der Waals surface area (Å²) in [5, 5.41) is 15.1. The summed E-state index contributed by atoms with van der Waals surface area (Å²) in [5.41, 5.74) is 1.59. The van der Waals surface area contributed by atoms with Gasteiger partial charge in [-0.05, 0) is 29.9 Å². The summed E-state index contributed by atoms with van der Waals surface area (Å²) >= 11 is 1.57. The highest BCUT2D eigenvalue weighted by molar-refractivity contribution is 7.99. The van der Waals surface area contributed by atoms with Crippen LogP contribution in [-0.2, 0) is 9.59 Å². The predicted molar refractivity (Wildman–Crippen MR) is 117 cm³/mol. The Morgan fingerprint density at radius 2 is 1.90 bits per heavy atom. The van der Waals surface area contributed by atoms with Crippen LogP contribution < -0.4 is 10.6 Å². The van der Waals surface area contributed by atoms with Crippen molar-refractivity contribution in [3.63, 3.8) is 0 Å². The smallest absolute Gasteiger partial charge is 0.256 e. The molecule has 2 aliphatic rings. The van der Waals surface area contributed by atoms with E-state index in [1.807, 2.05) is 45.9 Å². The minimum absolute atomic E-state index is 0.135. The maximum Gasteiger partial charge on any atom is 0.256 e.